The third-order valence-corrected chi connectivity index (χ3v) is 3.69. The number of nitrogens with two attached hydrogens (primary N) is 1. The lowest BCUT2D eigenvalue weighted by molar-refractivity contribution is 0.0522. The number of ether oxygens (including phenoxy) is 1. The van der Waals surface area contributed by atoms with Gasteiger partial charge in [0.1, 0.15) is 0 Å². The van der Waals surface area contributed by atoms with Crippen LogP contribution in [-0.4, -0.2) is 13.2 Å². The smallest absolute Gasteiger partial charge is 0.0486 e. The molecular formula is C15H24ClNO. The summed E-state index contributed by atoms with van der Waals surface area (Å²) in [5.74, 6) is 0. The molecule has 0 amide bonds. The quantitative estimate of drug-likeness (QED) is 0.848. The second-order valence-electron chi connectivity index (χ2n) is 6.10. The van der Waals surface area contributed by atoms with E-state index in [4.69, 9.17) is 10.5 Å². The molecule has 102 valence electrons. The Kier molecular flexibility index (Phi) is 4.82. The molecule has 2 N–H and O–H groups in total. The van der Waals surface area contributed by atoms with E-state index >= 15 is 0 Å². The topological polar surface area (TPSA) is 35.2 Å². The van der Waals surface area contributed by atoms with Crippen molar-refractivity contribution in [2.24, 2.45) is 5.73 Å². The van der Waals surface area contributed by atoms with Crippen molar-refractivity contribution >= 4 is 12.4 Å². The van der Waals surface area contributed by atoms with Crippen molar-refractivity contribution in [2.75, 3.05) is 13.2 Å². The first-order valence-electron chi connectivity index (χ1n) is 6.39. The Labute approximate surface area is 116 Å². The first-order valence-corrected chi connectivity index (χ1v) is 6.39. The fraction of sp³-hybridized carbons (Fsp3) is 0.600. The van der Waals surface area contributed by atoms with Gasteiger partial charge in [0.25, 0.3) is 0 Å². The highest BCUT2D eigenvalue weighted by Crippen LogP contribution is 2.32. The normalized spacial score (nSPS) is 19.1. The van der Waals surface area contributed by atoms with E-state index in [9.17, 15) is 0 Å². The zero-order valence-electron chi connectivity index (χ0n) is 11.5. The molecule has 1 aliphatic heterocycles. The van der Waals surface area contributed by atoms with Crippen LogP contribution in [0.5, 0.6) is 0 Å². The molecule has 0 unspecified atom stereocenters. The lowest BCUT2D eigenvalue weighted by atomic mass is 9.79. The maximum atomic E-state index is 6.51. The molecule has 3 heteroatoms. The van der Waals surface area contributed by atoms with Gasteiger partial charge in [-0.3, -0.25) is 0 Å². The molecule has 0 aromatic heterocycles. The number of rotatable bonds is 1. The van der Waals surface area contributed by atoms with Crippen LogP contribution >= 0.6 is 12.4 Å². The van der Waals surface area contributed by atoms with E-state index in [0.717, 1.165) is 26.1 Å². The molecule has 0 bridgehead atoms. The average molecular weight is 270 g/mol. The highest BCUT2D eigenvalue weighted by molar-refractivity contribution is 5.85. The van der Waals surface area contributed by atoms with Crippen molar-refractivity contribution in [3.05, 3.63) is 35.4 Å². The van der Waals surface area contributed by atoms with Crippen LogP contribution in [0.3, 0.4) is 0 Å². The van der Waals surface area contributed by atoms with Gasteiger partial charge in [-0.25, -0.2) is 0 Å². The Morgan fingerprint density at radius 3 is 2.33 bits per heavy atom. The van der Waals surface area contributed by atoms with Crippen molar-refractivity contribution in [3.8, 4) is 0 Å². The molecule has 0 saturated carbocycles. The zero-order chi connectivity index (χ0) is 12.5. The molecule has 18 heavy (non-hydrogen) atoms. The van der Waals surface area contributed by atoms with Crippen LogP contribution < -0.4 is 5.73 Å². The van der Waals surface area contributed by atoms with E-state index in [2.05, 4.69) is 45.0 Å². The molecule has 0 radical (unpaired) electrons. The molecule has 1 aliphatic rings. The Morgan fingerprint density at radius 1 is 1.17 bits per heavy atom. The van der Waals surface area contributed by atoms with E-state index in [1.807, 2.05) is 0 Å². The molecule has 0 spiro atoms. The SMILES string of the molecule is CC(C)(C)c1cccc(C2(N)CCOCC2)c1.Cl. The third kappa shape index (κ3) is 3.25. The summed E-state index contributed by atoms with van der Waals surface area (Å²) in [6.07, 6.45) is 1.83. The summed E-state index contributed by atoms with van der Waals surface area (Å²) >= 11 is 0. The largest absolute Gasteiger partial charge is 0.381 e. The summed E-state index contributed by atoms with van der Waals surface area (Å²) in [7, 11) is 0. The summed E-state index contributed by atoms with van der Waals surface area (Å²) < 4.78 is 5.40. The van der Waals surface area contributed by atoms with Crippen molar-refractivity contribution in [3.63, 3.8) is 0 Å². The number of halogens is 1. The van der Waals surface area contributed by atoms with Crippen molar-refractivity contribution in [1.82, 2.24) is 0 Å². The molecule has 1 saturated heterocycles. The standard InChI is InChI=1S/C15H23NO.ClH/c1-14(2,3)12-5-4-6-13(11-12)15(16)7-9-17-10-8-15;/h4-6,11H,7-10,16H2,1-3H3;1H. The highest BCUT2D eigenvalue weighted by Gasteiger charge is 2.30. The molecule has 1 fully saturated rings. The highest BCUT2D eigenvalue weighted by atomic mass is 35.5. The van der Waals surface area contributed by atoms with E-state index in [1.54, 1.807) is 0 Å². The predicted molar refractivity (Wildman–Crippen MR) is 78.3 cm³/mol. The van der Waals surface area contributed by atoms with Crippen LogP contribution in [0.15, 0.2) is 24.3 Å². The lowest BCUT2D eigenvalue weighted by Gasteiger charge is -2.34. The van der Waals surface area contributed by atoms with E-state index in [-0.39, 0.29) is 23.4 Å². The first kappa shape index (κ1) is 15.5. The summed E-state index contributed by atoms with van der Waals surface area (Å²) in [6.45, 7) is 8.25. The van der Waals surface area contributed by atoms with Gasteiger partial charge in [-0.15, -0.1) is 12.4 Å². The van der Waals surface area contributed by atoms with Crippen LogP contribution in [0, 0.1) is 0 Å². The van der Waals surface area contributed by atoms with Crippen molar-refractivity contribution < 1.29 is 4.74 Å². The van der Waals surface area contributed by atoms with Gasteiger partial charge in [0.15, 0.2) is 0 Å². The summed E-state index contributed by atoms with van der Waals surface area (Å²) in [4.78, 5) is 0. The maximum absolute atomic E-state index is 6.51. The summed E-state index contributed by atoms with van der Waals surface area (Å²) in [6, 6.07) is 8.73. The molecule has 1 aromatic rings. The van der Waals surface area contributed by atoms with Gasteiger partial charge in [-0.05, 0) is 29.4 Å². The van der Waals surface area contributed by atoms with Crippen LogP contribution in [0.25, 0.3) is 0 Å². The Bertz CT molecular complexity index is 392. The Balaban J connectivity index is 0.00000162. The Morgan fingerprint density at radius 2 is 1.78 bits per heavy atom. The summed E-state index contributed by atoms with van der Waals surface area (Å²) in [5, 5.41) is 0. The van der Waals surface area contributed by atoms with Crippen LogP contribution in [0.4, 0.5) is 0 Å². The van der Waals surface area contributed by atoms with Crippen LogP contribution in [-0.2, 0) is 15.7 Å². The predicted octanol–water partition coefficient (Wildman–Crippen LogP) is 3.37. The van der Waals surface area contributed by atoms with Crippen LogP contribution in [0.2, 0.25) is 0 Å². The number of benzene rings is 1. The molecule has 2 nitrogen and oxygen atoms in total. The molecular weight excluding hydrogens is 246 g/mol. The van der Waals surface area contributed by atoms with Gasteiger partial charge in [0, 0.05) is 18.8 Å². The van der Waals surface area contributed by atoms with Crippen molar-refractivity contribution in [1.29, 1.82) is 0 Å². The van der Waals surface area contributed by atoms with Crippen LogP contribution in [0.1, 0.15) is 44.7 Å². The van der Waals surface area contributed by atoms with Crippen molar-refractivity contribution in [2.45, 2.75) is 44.6 Å². The van der Waals surface area contributed by atoms with Gasteiger partial charge in [-0.2, -0.15) is 0 Å². The number of hydrogen-bond donors (Lipinski definition) is 1. The van der Waals surface area contributed by atoms with E-state index < -0.39 is 0 Å². The minimum Gasteiger partial charge on any atom is -0.381 e. The fourth-order valence-electron chi connectivity index (χ4n) is 2.32. The third-order valence-electron chi connectivity index (χ3n) is 3.69. The first-order chi connectivity index (χ1) is 7.92. The maximum Gasteiger partial charge on any atom is 0.0486 e. The zero-order valence-corrected chi connectivity index (χ0v) is 12.3. The minimum absolute atomic E-state index is 0. The second kappa shape index (κ2) is 5.60. The van der Waals surface area contributed by atoms with E-state index in [0.29, 0.717) is 0 Å². The second-order valence-corrected chi connectivity index (χ2v) is 6.10. The minimum atomic E-state index is -0.195. The fourth-order valence-corrected chi connectivity index (χ4v) is 2.32. The summed E-state index contributed by atoms with van der Waals surface area (Å²) in [5.41, 5.74) is 9.11. The van der Waals surface area contributed by atoms with Gasteiger partial charge < -0.3 is 10.5 Å². The molecule has 0 atom stereocenters. The number of hydrogen-bond acceptors (Lipinski definition) is 2. The van der Waals surface area contributed by atoms with Gasteiger partial charge in [0.05, 0.1) is 0 Å². The Hall–Kier alpha value is -0.570. The molecule has 1 heterocycles. The average Bonchev–Trinajstić information content (AvgIpc) is 2.29. The molecule has 1 aromatic carbocycles. The molecule has 2 rings (SSSR count). The van der Waals surface area contributed by atoms with Gasteiger partial charge >= 0.3 is 0 Å². The van der Waals surface area contributed by atoms with E-state index in [1.165, 1.54) is 11.1 Å². The molecule has 0 aliphatic carbocycles. The van der Waals surface area contributed by atoms with Gasteiger partial charge in [0.2, 0.25) is 0 Å². The lowest BCUT2D eigenvalue weighted by Crippen LogP contribution is -2.42. The van der Waals surface area contributed by atoms with Gasteiger partial charge in [-0.1, -0.05) is 45.0 Å². The monoisotopic (exact) mass is 269 g/mol.